The van der Waals surface area contributed by atoms with Crippen molar-refractivity contribution in [2.75, 3.05) is 13.2 Å². The Morgan fingerprint density at radius 2 is 2.00 bits per heavy atom. The monoisotopic (exact) mass is 261 g/mol. The molecule has 2 rings (SSSR count). The summed E-state index contributed by atoms with van der Waals surface area (Å²) in [5.41, 5.74) is 1.18. The highest BCUT2D eigenvalue weighted by Crippen LogP contribution is 2.15. The Kier molecular flexibility index (Phi) is 5.00. The predicted octanol–water partition coefficient (Wildman–Crippen LogP) is 2.86. The molecule has 1 aromatic carbocycles. The van der Waals surface area contributed by atoms with Gasteiger partial charge in [-0.05, 0) is 38.5 Å². The van der Waals surface area contributed by atoms with E-state index in [4.69, 9.17) is 9.47 Å². The van der Waals surface area contributed by atoms with Crippen molar-refractivity contribution in [1.82, 2.24) is 5.32 Å². The van der Waals surface area contributed by atoms with Gasteiger partial charge in [0.25, 0.3) is 0 Å². The largest absolute Gasteiger partial charge is 0.491 e. The van der Waals surface area contributed by atoms with Crippen LogP contribution in [0.3, 0.4) is 0 Å². The van der Waals surface area contributed by atoms with Crippen molar-refractivity contribution < 1.29 is 9.47 Å². The van der Waals surface area contributed by atoms with E-state index in [9.17, 15) is 0 Å². The molecular weight excluding hydrogens is 238 g/mol. The average Bonchev–Trinajstić information content (AvgIpc) is 2.37. The maximum absolute atomic E-state index is 5.62. The summed E-state index contributed by atoms with van der Waals surface area (Å²) in [5.74, 6) is 0.917. The molecule has 1 fully saturated rings. The van der Waals surface area contributed by atoms with Crippen molar-refractivity contribution in [3.8, 4) is 5.75 Å². The first-order valence-corrected chi connectivity index (χ1v) is 6.92. The number of hydrogen-bond acceptors (Lipinski definition) is 3. The van der Waals surface area contributed by atoms with Gasteiger partial charge in [0, 0.05) is 12.1 Å². The van der Waals surface area contributed by atoms with Gasteiger partial charge < -0.3 is 14.8 Å². The van der Waals surface area contributed by atoms with E-state index in [1.54, 1.807) is 0 Å². The molecule has 1 heterocycles. The van der Waals surface area contributed by atoms with E-state index in [2.05, 4.69) is 36.5 Å². The molecule has 0 saturated carbocycles. The van der Waals surface area contributed by atoms with Crippen LogP contribution in [0.2, 0.25) is 0 Å². The maximum atomic E-state index is 5.62. The number of hydrogen-bond donors (Lipinski definition) is 1. The summed E-state index contributed by atoms with van der Waals surface area (Å²) >= 11 is 0. The van der Waals surface area contributed by atoms with Crippen LogP contribution in [0.25, 0.3) is 6.08 Å². The van der Waals surface area contributed by atoms with E-state index in [0.717, 1.165) is 19.0 Å². The quantitative estimate of drug-likeness (QED) is 0.904. The van der Waals surface area contributed by atoms with Gasteiger partial charge in [-0.2, -0.15) is 0 Å². The minimum Gasteiger partial charge on any atom is -0.491 e. The summed E-state index contributed by atoms with van der Waals surface area (Å²) in [6.45, 7) is 7.74. The third kappa shape index (κ3) is 4.69. The van der Waals surface area contributed by atoms with Crippen LogP contribution in [0.1, 0.15) is 26.3 Å². The Hall–Kier alpha value is -1.32. The van der Waals surface area contributed by atoms with E-state index >= 15 is 0 Å². The summed E-state index contributed by atoms with van der Waals surface area (Å²) in [4.78, 5) is 0. The molecule has 19 heavy (non-hydrogen) atoms. The molecule has 1 aliphatic rings. The second-order valence-corrected chi connectivity index (χ2v) is 5.31. The number of rotatable bonds is 4. The van der Waals surface area contributed by atoms with Crippen LogP contribution in [0, 0.1) is 0 Å². The van der Waals surface area contributed by atoms with Crippen LogP contribution in [0.15, 0.2) is 30.3 Å². The predicted molar refractivity (Wildman–Crippen MR) is 78.4 cm³/mol. The fourth-order valence-electron chi connectivity index (χ4n) is 2.10. The molecule has 0 amide bonds. The SMILES string of the molecule is CC1COCC(/C=C/c2ccc(OC(C)C)cc2)N1. The normalized spacial score (nSPS) is 24.0. The zero-order valence-electron chi connectivity index (χ0n) is 11.9. The van der Waals surface area contributed by atoms with Gasteiger partial charge in [0.2, 0.25) is 0 Å². The molecule has 0 spiro atoms. The average molecular weight is 261 g/mol. The lowest BCUT2D eigenvalue weighted by Gasteiger charge is -2.26. The number of benzene rings is 1. The van der Waals surface area contributed by atoms with Crippen molar-refractivity contribution in [3.63, 3.8) is 0 Å². The first-order valence-electron chi connectivity index (χ1n) is 6.92. The van der Waals surface area contributed by atoms with Gasteiger partial charge >= 0.3 is 0 Å². The molecular formula is C16H23NO2. The molecule has 104 valence electrons. The summed E-state index contributed by atoms with van der Waals surface area (Å²) in [5, 5.41) is 3.49. The zero-order chi connectivity index (χ0) is 13.7. The van der Waals surface area contributed by atoms with Gasteiger partial charge in [-0.25, -0.2) is 0 Å². The number of ether oxygens (including phenoxy) is 2. The summed E-state index contributed by atoms with van der Waals surface area (Å²) in [6, 6.07) is 8.88. The van der Waals surface area contributed by atoms with Gasteiger partial charge in [-0.1, -0.05) is 24.3 Å². The molecule has 0 bridgehead atoms. The Morgan fingerprint density at radius 3 is 2.63 bits per heavy atom. The second-order valence-electron chi connectivity index (χ2n) is 5.31. The fraction of sp³-hybridized carbons (Fsp3) is 0.500. The standard InChI is InChI=1S/C16H23NO2/c1-12(2)19-16-8-5-14(6-9-16)4-7-15-11-18-10-13(3)17-15/h4-9,12-13,15,17H,10-11H2,1-3H3/b7-4+. The van der Waals surface area contributed by atoms with E-state index in [1.807, 2.05) is 26.0 Å². The lowest BCUT2D eigenvalue weighted by atomic mass is 10.1. The minimum atomic E-state index is 0.214. The lowest BCUT2D eigenvalue weighted by Crippen LogP contribution is -2.46. The molecule has 1 aromatic rings. The van der Waals surface area contributed by atoms with E-state index in [1.165, 1.54) is 5.56 Å². The van der Waals surface area contributed by atoms with Crippen molar-refractivity contribution in [3.05, 3.63) is 35.9 Å². The summed E-state index contributed by atoms with van der Waals surface area (Å²) < 4.78 is 11.1. The lowest BCUT2D eigenvalue weighted by molar-refractivity contribution is 0.0637. The maximum Gasteiger partial charge on any atom is 0.119 e. The van der Waals surface area contributed by atoms with Crippen LogP contribution in [0.4, 0.5) is 0 Å². The van der Waals surface area contributed by atoms with Crippen LogP contribution in [-0.2, 0) is 4.74 Å². The molecule has 3 heteroatoms. The van der Waals surface area contributed by atoms with E-state index in [-0.39, 0.29) is 6.10 Å². The third-order valence-electron chi connectivity index (χ3n) is 2.94. The van der Waals surface area contributed by atoms with Gasteiger partial charge in [-0.3, -0.25) is 0 Å². The Bertz CT molecular complexity index is 411. The molecule has 2 atom stereocenters. The highest BCUT2D eigenvalue weighted by atomic mass is 16.5. The molecule has 2 unspecified atom stereocenters. The second kappa shape index (κ2) is 6.73. The van der Waals surface area contributed by atoms with Crippen LogP contribution in [-0.4, -0.2) is 31.4 Å². The van der Waals surface area contributed by atoms with E-state index in [0.29, 0.717) is 12.1 Å². The highest BCUT2D eigenvalue weighted by molar-refractivity contribution is 5.51. The van der Waals surface area contributed by atoms with Gasteiger partial charge in [-0.15, -0.1) is 0 Å². The van der Waals surface area contributed by atoms with Crippen molar-refractivity contribution in [2.45, 2.75) is 39.0 Å². The number of nitrogens with one attached hydrogen (secondary N) is 1. The van der Waals surface area contributed by atoms with Crippen LogP contribution >= 0.6 is 0 Å². The molecule has 1 N–H and O–H groups in total. The van der Waals surface area contributed by atoms with Crippen LogP contribution in [0.5, 0.6) is 5.75 Å². The van der Waals surface area contributed by atoms with Crippen molar-refractivity contribution in [2.24, 2.45) is 0 Å². The molecule has 1 saturated heterocycles. The first-order chi connectivity index (χ1) is 9.13. The molecule has 3 nitrogen and oxygen atoms in total. The Balaban J connectivity index is 1.91. The smallest absolute Gasteiger partial charge is 0.119 e. The molecule has 0 aromatic heterocycles. The van der Waals surface area contributed by atoms with Crippen molar-refractivity contribution >= 4 is 6.08 Å². The van der Waals surface area contributed by atoms with Crippen molar-refractivity contribution in [1.29, 1.82) is 0 Å². The fourth-order valence-corrected chi connectivity index (χ4v) is 2.10. The van der Waals surface area contributed by atoms with Crippen LogP contribution < -0.4 is 10.1 Å². The molecule has 0 aliphatic carbocycles. The molecule has 1 aliphatic heterocycles. The zero-order valence-corrected chi connectivity index (χ0v) is 11.9. The summed E-state index contributed by atoms with van der Waals surface area (Å²) in [6.07, 6.45) is 4.50. The number of morpholine rings is 1. The Labute approximate surface area is 115 Å². The highest BCUT2D eigenvalue weighted by Gasteiger charge is 2.15. The topological polar surface area (TPSA) is 30.5 Å². The third-order valence-corrected chi connectivity index (χ3v) is 2.94. The summed E-state index contributed by atoms with van der Waals surface area (Å²) in [7, 11) is 0. The van der Waals surface area contributed by atoms with Gasteiger partial charge in [0.05, 0.1) is 19.3 Å². The van der Waals surface area contributed by atoms with E-state index < -0.39 is 0 Å². The molecule has 0 radical (unpaired) electrons. The minimum absolute atomic E-state index is 0.214. The Morgan fingerprint density at radius 1 is 1.26 bits per heavy atom. The van der Waals surface area contributed by atoms with Gasteiger partial charge in [0.15, 0.2) is 0 Å². The van der Waals surface area contributed by atoms with Gasteiger partial charge in [0.1, 0.15) is 5.75 Å². The first kappa shape index (κ1) is 14.1.